The second-order valence-corrected chi connectivity index (χ2v) is 6.54. The first-order valence-corrected chi connectivity index (χ1v) is 8.11. The lowest BCUT2D eigenvalue weighted by Crippen LogP contribution is -2.59. The molecule has 0 aromatic carbocycles. The van der Waals surface area contributed by atoms with Gasteiger partial charge in [-0.15, -0.1) is 0 Å². The highest BCUT2D eigenvalue weighted by Gasteiger charge is 2.41. The molecule has 1 aromatic rings. The molecule has 0 saturated carbocycles. The fourth-order valence-corrected chi connectivity index (χ4v) is 3.28. The lowest BCUT2D eigenvalue weighted by molar-refractivity contribution is -0.0599. The van der Waals surface area contributed by atoms with Crippen molar-refractivity contribution in [3.63, 3.8) is 0 Å². The van der Waals surface area contributed by atoms with Crippen LogP contribution in [0.3, 0.4) is 0 Å². The zero-order chi connectivity index (χ0) is 16.3. The minimum atomic E-state index is -0.875. The lowest BCUT2D eigenvalue weighted by Gasteiger charge is -2.45. The number of nitrogens with zero attached hydrogens (tertiary/aromatic N) is 2. The second-order valence-electron chi connectivity index (χ2n) is 6.18. The molecule has 0 bridgehead atoms. The van der Waals surface area contributed by atoms with E-state index in [1.165, 1.54) is 0 Å². The molecule has 2 heterocycles. The normalized spacial score (nSPS) is 19.0. The molecule has 1 atom stereocenters. The highest BCUT2D eigenvalue weighted by atomic mass is 35.5. The third-order valence-electron chi connectivity index (χ3n) is 4.44. The number of rotatable bonds is 4. The Morgan fingerprint density at radius 1 is 1.41 bits per heavy atom. The van der Waals surface area contributed by atoms with Crippen LogP contribution < -0.4 is 5.32 Å². The number of hydrogen-bond donors (Lipinski definition) is 2. The lowest BCUT2D eigenvalue weighted by atomic mass is 9.84. The van der Waals surface area contributed by atoms with Crippen molar-refractivity contribution in [2.75, 3.05) is 13.1 Å². The molecule has 2 rings (SSSR count). The molecule has 2 N–H and O–H groups in total. The first kappa shape index (κ1) is 17.2. The van der Waals surface area contributed by atoms with Crippen LogP contribution in [0, 0.1) is 0 Å². The average molecular weight is 326 g/mol. The molecule has 122 valence electrons. The van der Waals surface area contributed by atoms with Gasteiger partial charge in [0.2, 0.25) is 0 Å². The van der Waals surface area contributed by atoms with Gasteiger partial charge in [-0.25, -0.2) is 4.98 Å². The number of aromatic nitrogens is 1. The minimum Gasteiger partial charge on any atom is -0.388 e. The van der Waals surface area contributed by atoms with Crippen molar-refractivity contribution in [2.24, 2.45) is 0 Å². The van der Waals surface area contributed by atoms with Crippen LogP contribution in [0.25, 0.3) is 0 Å². The molecule has 0 aliphatic carbocycles. The predicted molar refractivity (Wildman–Crippen MR) is 87.1 cm³/mol. The summed E-state index contributed by atoms with van der Waals surface area (Å²) in [4.78, 5) is 18.6. The standard InChI is InChI=1S/C16H24ClN3O2/c1-11(2)20(12(3)16(22)6-9-18-10-7-16)15(21)13-5-4-8-19-14(13)17/h4-5,8,11-12,18,22H,6-7,9-10H2,1-3H3. The Bertz CT molecular complexity index is 530. The van der Waals surface area contributed by atoms with E-state index in [-0.39, 0.29) is 23.1 Å². The van der Waals surface area contributed by atoms with Gasteiger partial charge in [0, 0.05) is 12.2 Å². The topological polar surface area (TPSA) is 65.5 Å². The summed E-state index contributed by atoms with van der Waals surface area (Å²) in [5.74, 6) is -0.187. The molecule has 1 aliphatic heterocycles. The maximum absolute atomic E-state index is 12.9. The third-order valence-corrected chi connectivity index (χ3v) is 4.75. The summed E-state index contributed by atoms with van der Waals surface area (Å²) in [6, 6.07) is 3.03. The predicted octanol–water partition coefficient (Wildman–Crippen LogP) is 2.09. The Morgan fingerprint density at radius 3 is 2.59 bits per heavy atom. The largest absolute Gasteiger partial charge is 0.388 e. The van der Waals surface area contributed by atoms with Crippen LogP contribution in [0.15, 0.2) is 18.3 Å². The molecule has 0 radical (unpaired) electrons. The number of nitrogens with one attached hydrogen (secondary N) is 1. The van der Waals surface area contributed by atoms with Crippen LogP contribution in [-0.4, -0.2) is 51.7 Å². The van der Waals surface area contributed by atoms with Crippen molar-refractivity contribution in [2.45, 2.75) is 51.3 Å². The van der Waals surface area contributed by atoms with Gasteiger partial charge in [-0.1, -0.05) is 11.6 Å². The van der Waals surface area contributed by atoms with Crippen LogP contribution in [0.2, 0.25) is 5.15 Å². The summed E-state index contributed by atoms with van der Waals surface area (Å²) in [6.07, 6.45) is 2.82. The fraction of sp³-hybridized carbons (Fsp3) is 0.625. The summed E-state index contributed by atoms with van der Waals surface area (Å²) in [6.45, 7) is 7.32. The molecular weight excluding hydrogens is 302 g/mol. The summed E-state index contributed by atoms with van der Waals surface area (Å²) >= 11 is 6.06. The molecule has 1 aromatic heterocycles. The maximum atomic E-state index is 12.9. The molecule has 6 heteroatoms. The van der Waals surface area contributed by atoms with Crippen LogP contribution in [0.5, 0.6) is 0 Å². The van der Waals surface area contributed by atoms with Crippen molar-refractivity contribution in [3.8, 4) is 0 Å². The summed E-state index contributed by atoms with van der Waals surface area (Å²) in [5, 5.41) is 14.4. The zero-order valence-electron chi connectivity index (χ0n) is 13.3. The van der Waals surface area contributed by atoms with Gasteiger partial charge in [0.05, 0.1) is 17.2 Å². The van der Waals surface area contributed by atoms with Gasteiger partial charge in [0.15, 0.2) is 0 Å². The van der Waals surface area contributed by atoms with E-state index in [4.69, 9.17) is 11.6 Å². The monoisotopic (exact) mass is 325 g/mol. The van der Waals surface area contributed by atoms with E-state index in [1.54, 1.807) is 23.2 Å². The van der Waals surface area contributed by atoms with Crippen molar-refractivity contribution in [1.82, 2.24) is 15.2 Å². The average Bonchev–Trinajstić information content (AvgIpc) is 2.48. The SMILES string of the molecule is CC(C)N(C(=O)c1cccnc1Cl)C(C)C1(O)CCNCC1. The van der Waals surface area contributed by atoms with Gasteiger partial charge < -0.3 is 15.3 Å². The van der Waals surface area contributed by atoms with Crippen LogP contribution in [0.1, 0.15) is 44.0 Å². The first-order valence-electron chi connectivity index (χ1n) is 7.73. The second kappa shape index (κ2) is 6.94. The molecule has 5 nitrogen and oxygen atoms in total. The smallest absolute Gasteiger partial charge is 0.257 e. The molecular formula is C16H24ClN3O2. The van der Waals surface area contributed by atoms with Gasteiger partial charge in [0.1, 0.15) is 5.15 Å². The van der Waals surface area contributed by atoms with E-state index in [9.17, 15) is 9.90 Å². The number of carbonyl (C=O) groups is 1. The molecule has 1 saturated heterocycles. The number of piperidine rings is 1. The first-order chi connectivity index (χ1) is 10.4. The van der Waals surface area contributed by atoms with Crippen LogP contribution >= 0.6 is 11.6 Å². The zero-order valence-corrected chi connectivity index (χ0v) is 14.1. The van der Waals surface area contributed by atoms with Crippen molar-refractivity contribution in [3.05, 3.63) is 29.0 Å². The number of halogens is 1. The van der Waals surface area contributed by atoms with E-state index in [2.05, 4.69) is 10.3 Å². The van der Waals surface area contributed by atoms with Crippen molar-refractivity contribution in [1.29, 1.82) is 0 Å². The van der Waals surface area contributed by atoms with Crippen LogP contribution in [-0.2, 0) is 0 Å². The molecule has 1 aliphatic rings. The molecule has 0 spiro atoms. The molecule has 22 heavy (non-hydrogen) atoms. The third kappa shape index (κ3) is 3.42. The number of aliphatic hydroxyl groups is 1. The van der Waals surface area contributed by atoms with Crippen LogP contribution in [0.4, 0.5) is 0 Å². The maximum Gasteiger partial charge on any atom is 0.257 e. The number of pyridine rings is 1. The number of amides is 1. The summed E-state index contributed by atoms with van der Waals surface area (Å²) in [7, 11) is 0. The minimum absolute atomic E-state index is 0.0438. The Morgan fingerprint density at radius 2 is 2.05 bits per heavy atom. The van der Waals surface area contributed by atoms with E-state index < -0.39 is 5.60 Å². The van der Waals surface area contributed by atoms with Gasteiger partial charge in [-0.2, -0.15) is 0 Å². The van der Waals surface area contributed by atoms with E-state index >= 15 is 0 Å². The molecule has 1 amide bonds. The Labute approximate surface area is 136 Å². The van der Waals surface area contributed by atoms with E-state index in [0.717, 1.165) is 13.1 Å². The quantitative estimate of drug-likeness (QED) is 0.832. The molecule has 1 fully saturated rings. The van der Waals surface area contributed by atoms with Gasteiger partial charge in [-0.3, -0.25) is 4.79 Å². The fourth-order valence-electron chi connectivity index (χ4n) is 3.08. The van der Waals surface area contributed by atoms with Gasteiger partial charge in [-0.05, 0) is 58.8 Å². The highest BCUT2D eigenvalue weighted by molar-refractivity contribution is 6.32. The van der Waals surface area contributed by atoms with Gasteiger partial charge >= 0.3 is 0 Å². The van der Waals surface area contributed by atoms with Crippen molar-refractivity contribution >= 4 is 17.5 Å². The Hall–Kier alpha value is -1.17. The van der Waals surface area contributed by atoms with E-state index in [1.807, 2.05) is 20.8 Å². The number of hydrogen-bond acceptors (Lipinski definition) is 4. The summed E-state index contributed by atoms with van der Waals surface area (Å²) < 4.78 is 0. The van der Waals surface area contributed by atoms with Crippen molar-refractivity contribution < 1.29 is 9.90 Å². The number of carbonyl (C=O) groups excluding carboxylic acids is 1. The summed E-state index contributed by atoms with van der Waals surface area (Å²) in [5.41, 5.74) is -0.498. The molecule has 1 unspecified atom stereocenters. The van der Waals surface area contributed by atoms with Gasteiger partial charge in [0.25, 0.3) is 5.91 Å². The Balaban J connectivity index is 2.30. The Kier molecular flexibility index (Phi) is 5.42. The van der Waals surface area contributed by atoms with E-state index in [0.29, 0.717) is 18.4 Å². The highest BCUT2D eigenvalue weighted by Crippen LogP contribution is 2.29.